The maximum Gasteiger partial charge on any atom is 0.259 e. The highest BCUT2D eigenvalue weighted by molar-refractivity contribution is 7.89. The fraction of sp³-hybridized carbons (Fsp3) is 0.263. The highest BCUT2D eigenvalue weighted by Gasteiger charge is 2.26. The highest BCUT2D eigenvalue weighted by Crippen LogP contribution is 2.29. The summed E-state index contributed by atoms with van der Waals surface area (Å²) in [7, 11) is -3.60. The first-order chi connectivity index (χ1) is 14.2. The van der Waals surface area contributed by atoms with Gasteiger partial charge in [-0.2, -0.15) is 10.1 Å². The van der Waals surface area contributed by atoms with Crippen molar-refractivity contribution < 1.29 is 13.2 Å². The van der Waals surface area contributed by atoms with Crippen molar-refractivity contribution in [2.75, 3.05) is 11.9 Å². The molecule has 0 radical (unpaired) electrons. The van der Waals surface area contributed by atoms with E-state index in [1.807, 2.05) is 13.8 Å². The average Bonchev–Trinajstić information content (AvgIpc) is 3.20. The zero-order chi connectivity index (χ0) is 21.4. The van der Waals surface area contributed by atoms with Gasteiger partial charge in [0.15, 0.2) is 0 Å². The molecule has 3 aromatic rings. The Morgan fingerprint density at radius 2 is 2.07 bits per heavy atom. The van der Waals surface area contributed by atoms with Crippen molar-refractivity contribution >= 4 is 21.7 Å². The van der Waals surface area contributed by atoms with Crippen molar-refractivity contribution in [3.8, 4) is 11.7 Å². The molecule has 0 saturated carbocycles. The van der Waals surface area contributed by atoms with Crippen LogP contribution in [0.15, 0.2) is 53.3 Å². The molecule has 0 aliphatic carbocycles. The van der Waals surface area contributed by atoms with Crippen LogP contribution in [0.1, 0.15) is 25.0 Å². The van der Waals surface area contributed by atoms with Crippen LogP contribution in [0, 0.1) is 0 Å². The quantitative estimate of drug-likeness (QED) is 0.603. The molecule has 0 saturated heterocycles. The SMILES string of the molecule is CC(C)(COc1cccc2c1C(N)=NS(=O)(=O)C2)Nc1ccnc(-n2cccn2)n1. The summed E-state index contributed by atoms with van der Waals surface area (Å²) in [5.74, 6) is 1.30. The molecule has 1 aromatic carbocycles. The molecule has 3 N–H and O–H groups in total. The van der Waals surface area contributed by atoms with Crippen molar-refractivity contribution in [1.29, 1.82) is 0 Å². The lowest BCUT2D eigenvalue weighted by Crippen LogP contribution is -2.38. The zero-order valence-electron chi connectivity index (χ0n) is 16.5. The van der Waals surface area contributed by atoms with Gasteiger partial charge in [-0.1, -0.05) is 12.1 Å². The van der Waals surface area contributed by atoms with Crippen LogP contribution in [0.2, 0.25) is 0 Å². The second kappa shape index (κ2) is 7.41. The zero-order valence-corrected chi connectivity index (χ0v) is 17.3. The summed E-state index contributed by atoms with van der Waals surface area (Å²) in [6.45, 7) is 4.19. The predicted molar refractivity (Wildman–Crippen MR) is 112 cm³/mol. The fourth-order valence-electron chi connectivity index (χ4n) is 3.09. The minimum absolute atomic E-state index is 0.0581. The Labute approximate surface area is 173 Å². The Morgan fingerprint density at radius 1 is 1.23 bits per heavy atom. The summed E-state index contributed by atoms with van der Waals surface area (Å²) < 4.78 is 34.8. The first-order valence-corrected chi connectivity index (χ1v) is 10.8. The van der Waals surface area contributed by atoms with Crippen LogP contribution in [0.25, 0.3) is 5.95 Å². The van der Waals surface area contributed by atoms with E-state index in [1.165, 1.54) is 0 Å². The number of amidine groups is 1. The molecule has 0 fully saturated rings. The van der Waals surface area contributed by atoms with E-state index in [4.69, 9.17) is 10.5 Å². The van der Waals surface area contributed by atoms with Crippen LogP contribution >= 0.6 is 0 Å². The monoisotopic (exact) mass is 427 g/mol. The van der Waals surface area contributed by atoms with Crippen molar-refractivity contribution in [3.63, 3.8) is 0 Å². The van der Waals surface area contributed by atoms with E-state index in [-0.39, 0.29) is 18.2 Å². The topological polar surface area (TPSA) is 137 Å². The number of nitrogens with zero attached hydrogens (tertiary/aromatic N) is 5. The summed E-state index contributed by atoms with van der Waals surface area (Å²) in [5.41, 5.74) is 6.48. The summed E-state index contributed by atoms with van der Waals surface area (Å²) in [6, 6.07) is 8.75. The Morgan fingerprint density at radius 3 is 2.83 bits per heavy atom. The van der Waals surface area contributed by atoms with Crippen LogP contribution < -0.4 is 15.8 Å². The molecule has 0 spiro atoms. The van der Waals surface area contributed by atoms with Crippen molar-refractivity contribution in [1.82, 2.24) is 19.7 Å². The number of hydrogen-bond acceptors (Lipinski definition) is 8. The molecule has 0 amide bonds. The van der Waals surface area contributed by atoms with E-state index < -0.39 is 15.6 Å². The Hall–Kier alpha value is -3.47. The lowest BCUT2D eigenvalue weighted by Gasteiger charge is -2.28. The molecule has 30 heavy (non-hydrogen) atoms. The Bertz CT molecular complexity index is 1200. The Balaban J connectivity index is 1.50. The molecule has 10 nitrogen and oxygen atoms in total. The minimum atomic E-state index is -3.60. The van der Waals surface area contributed by atoms with E-state index >= 15 is 0 Å². The number of benzene rings is 1. The first kappa shape index (κ1) is 19.8. The molecule has 0 atom stereocenters. The fourth-order valence-corrected chi connectivity index (χ4v) is 4.18. The molecule has 4 rings (SSSR count). The normalized spacial score (nSPS) is 15.2. The molecule has 1 aliphatic rings. The second-order valence-electron chi connectivity index (χ2n) is 7.48. The van der Waals surface area contributed by atoms with Crippen molar-refractivity contribution in [3.05, 3.63) is 60.0 Å². The molecule has 1 aliphatic heterocycles. The van der Waals surface area contributed by atoms with E-state index in [9.17, 15) is 8.42 Å². The van der Waals surface area contributed by atoms with Gasteiger partial charge >= 0.3 is 0 Å². The number of aromatic nitrogens is 4. The minimum Gasteiger partial charge on any atom is -0.490 e. The van der Waals surface area contributed by atoms with Crippen LogP contribution in [-0.2, 0) is 15.8 Å². The maximum atomic E-state index is 11.8. The third kappa shape index (κ3) is 4.25. The number of anilines is 1. The van der Waals surface area contributed by atoms with Gasteiger partial charge in [0, 0.05) is 18.6 Å². The number of hydrogen-bond donors (Lipinski definition) is 2. The summed E-state index contributed by atoms with van der Waals surface area (Å²) in [6.07, 6.45) is 5.06. The van der Waals surface area contributed by atoms with E-state index in [0.717, 1.165) is 0 Å². The van der Waals surface area contributed by atoms with E-state index in [1.54, 1.807) is 53.6 Å². The lowest BCUT2D eigenvalue weighted by molar-refractivity contribution is 0.255. The van der Waals surface area contributed by atoms with Crippen LogP contribution in [0.4, 0.5) is 5.82 Å². The third-order valence-corrected chi connectivity index (χ3v) is 5.50. The Kier molecular flexibility index (Phi) is 4.90. The number of nitrogens with two attached hydrogens (primary N) is 1. The van der Waals surface area contributed by atoms with Gasteiger partial charge in [0.05, 0.1) is 16.9 Å². The smallest absolute Gasteiger partial charge is 0.259 e. The maximum absolute atomic E-state index is 11.8. The number of nitrogens with one attached hydrogen (secondary N) is 1. The van der Waals surface area contributed by atoms with Crippen molar-refractivity contribution in [2.45, 2.75) is 25.1 Å². The van der Waals surface area contributed by atoms with Crippen molar-refractivity contribution in [2.24, 2.45) is 10.1 Å². The second-order valence-corrected chi connectivity index (χ2v) is 9.12. The number of rotatable bonds is 6. The van der Waals surface area contributed by atoms with E-state index in [0.29, 0.717) is 28.6 Å². The van der Waals surface area contributed by atoms with Gasteiger partial charge in [-0.15, -0.1) is 4.40 Å². The molecule has 0 unspecified atom stereocenters. The first-order valence-electron chi connectivity index (χ1n) is 9.17. The number of fused-ring (bicyclic) bond motifs is 1. The van der Waals surface area contributed by atoms with Crippen LogP contribution in [0.5, 0.6) is 5.75 Å². The van der Waals surface area contributed by atoms with E-state index in [2.05, 4.69) is 24.8 Å². The van der Waals surface area contributed by atoms with Gasteiger partial charge in [0.1, 0.15) is 24.0 Å². The lowest BCUT2D eigenvalue weighted by atomic mass is 10.1. The summed E-state index contributed by atoms with van der Waals surface area (Å²) in [5, 5.41) is 7.45. The van der Waals surface area contributed by atoms with Gasteiger partial charge in [0.25, 0.3) is 16.0 Å². The van der Waals surface area contributed by atoms with Gasteiger partial charge < -0.3 is 15.8 Å². The van der Waals surface area contributed by atoms with Crippen LogP contribution in [-0.4, -0.2) is 46.1 Å². The molecular formula is C19H21N7O3S. The molecule has 0 bridgehead atoms. The highest BCUT2D eigenvalue weighted by atomic mass is 32.2. The largest absolute Gasteiger partial charge is 0.490 e. The number of sulfonamides is 1. The van der Waals surface area contributed by atoms with Crippen LogP contribution in [0.3, 0.4) is 0 Å². The molecule has 11 heteroatoms. The van der Waals surface area contributed by atoms with Gasteiger partial charge in [-0.05, 0) is 37.6 Å². The summed E-state index contributed by atoms with van der Waals surface area (Å²) >= 11 is 0. The molecular weight excluding hydrogens is 406 g/mol. The average molecular weight is 427 g/mol. The standard InChI is InChI=1S/C19H21N7O3S/c1-19(2,24-15-7-9-21-18(23-15)26-10-4-8-22-26)12-29-14-6-3-5-13-11-30(27,28)25-17(20)16(13)14/h3-10H,11-12H2,1-2H3,(H2,20,25)(H,21,23,24). The van der Waals surface area contributed by atoms with Gasteiger partial charge in [-0.3, -0.25) is 0 Å². The third-order valence-electron chi connectivity index (χ3n) is 4.35. The summed E-state index contributed by atoms with van der Waals surface area (Å²) in [4.78, 5) is 8.69. The van der Waals surface area contributed by atoms with Gasteiger partial charge in [-0.25, -0.2) is 18.1 Å². The molecule has 2 aromatic heterocycles. The molecule has 3 heterocycles. The molecule has 156 valence electrons. The van der Waals surface area contributed by atoms with Gasteiger partial charge in [0.2, 0.25) is 0 Å². The number of ether oxygens (including phenoxy) is 1. The predicted octanol–water partition coefficient (Wildman–Crippen LogP) is 1.48.